The van der Waals surface area contributed by atoms with E-state index in [-0.39, 0.29) is 24.5 Å². The first-order valence-electron chi connectivity index (χ1n) is 15.3. The van der Waals surface area contributed by atoms with Gasteiger partial charge in [-0.3, -0.25) is 9.35 Å². The fourth-order valence-electron chi connectivity index (χ4n) is 9.54. The van der Waals surface area contributed by atoms with Gasteiger partial charge in [0.1, 0.15) is 0 Å². The van der Waals surface area contributed by atoms with E-state index in [9.17, 15) is 17.8 Å². The Morgan fingerprint density at radius 1 is 1.05 bits per heavy atom. The summed E-state index contributed by atoms with van der Waals surface area (Å²) in [5.74, 6) is 3.28. The highest BCUT2D eigenvalue weighted by Crippen LogP contribution is 2.67. The molecule has 0 radical (unpaired) electrons. The van der Waals surface area contributed by atoms with Gasteiger partial charge in [0.25, 0.3) is 10.1 Å². The Balaban J connectivity index is 1.38. The van der Waals surface area contributed by atoms with Crippen LogP contribution in [-0.2, 0) is 19.6 Å². The van der Waals surface area contributed by atoms with Gasteiger partial charge in [0.05, 0.1) is 6.10 Å². The number of rotatable bonds is 11. The standard InChI is InChI=1S/C31H52O6S/c1-20(2)7-6-8-21(3)25-11-12-26-24-10-9-22-19-23(37-18-15-28(29(32)33)38(34,35)36)13-16-30(22,4)27(24)14-17-31(25,26)5/h9,20-21,23-28H,6-8,10-19H2,1-5H3,(H,32,33)(H,34,35,36)/t21-,23+,24+,25-,26+,27+,28?,30+,31-/m1/s1. The van der Waals surface area contributed by atoms with Crippen molar-refractivity contribution in [3.05, 3.63) is 11.6 Å². The van der Waals surface area contributed by atoms with Gasteiger partial charge in [-0.25, -0.2) is 0 Å². The lowest BCUT2D eigenvalue weighted by atomic mass is 9.47. The van der Waals surface area contributed by atoms with Crippen LogP contribution in [0.2, 0.25) is 0 Å². The highest BCUT2D eigenvalue weighted by Gasteiger charge is 2.59. The fourth-order valence-corrected chi connectivity index (χ4v) is 10.2. The maximum atomic E-state index is 11.4. The maximum absolute atomic E-state index is 11.4. The average Bonchev–Trinajstić information content (AvgIpc) is 3.17. The minimum atomic E-state index is -4.63. The van der Waals surface area contributed by atoms with Crippen LogP contribution in [0.3, 0.4) is 0 Å². The number of fused-ring (bicyclic) bond motifs is 5. The van der Waals surface area contributed by atoms with E-state index in [1.807, 2.05) is 0 Å². The Morgan fingerprint density at radius 2 is 1.79 bits per heavy atom. The van der Waals surface area contributed by atoms with Gasteiger partial charge in [-0.15, -0.1) is 0 Å². The van der Waals surface area contributed by atoms with E-state index in [1.54, 1.807) is 0 Å². The van der Waals surface area contributed by atoms with Crippen LogP contribution >= 0.6 is 0 Å². The van der Waals surface area contributed by atoms with E-state index in [0.717, 1.165) is 54.8 Å². The van der Waals surface area contributed by atoms with Crippen LogP contribution in [-0.4, -0.2) is 42.0 Å². The summed E-state index contributed by atoms with van der Waals surface area (Å²) in [7, 11) is -4.63. The zero-order valence-electron chi connectivity index (χ0n) is 24.3. The van der Waals surface area contributed by atoms with Gasteiger partial charge >= 0.3 is 5.97 Å². The third-order valence-corrected chi connectivity index (χ3v) is 12.8. The Morgan fingerprint density at radius 3 is 2.45 bits per heavy atom. The third kappa shape index (κ3) is 5.90. The van der Waals surface area contributed by atoms with Crippen molar-refractivity contribution in [2.24, 2.45) is 46.3 Å². The zero-order chi connectivity index (χ0) is 27.9. The molecule has 0 aromatic rings. The average molecular weight is 553 g/mol. The number of carboxylic acids is 1. The third-order valence-electron chi connectivity index (χ3n) is 11.6. The number of ether oxygens (including phenoxy) is 1. The Hall–Kier alpha value is -0.920. The number of carboxylic acid groups (broad SMARTS) is 1. The first kappa shape index (κ1) is 30.0. The number of allylic oxidation sites excluding steroid dienone is 1. The zero-order valence-corrected chi connectivity index (χ0v) is 25.1. The normalized spacial score (nSPS) is 38.6. The second-order valence-electron chi connectivity index (χ2n) is 14.2. The lowest BCUT2D eigenvalue weighted by Crippen LogP contribution is -2.51. The molecule has 2 N–H and O–H groups in total. The second-order valence-corrected chi connectivity index (χ2v) is 15.8. The quantitative estimate of drug-likeness (QED) is 0.209. The molecule has 4 aliphatic rings. The molecule has 0 spiro atoms. The largest absolute Gasteiger partial charge is 0.480 e. The first-order valence-corrected chi connectivity index (χ1v) is 16.8. The van der Waals surface area contributed by atoms with Crippen LogP contribution in [0.4, 0.5) is 0 Å². The topological polar surface area (TPSA) is 101 Å². The van der Waals surface area contributed by atoms with Crippen LogP contribution < -0.4 is 0 Å². The first-order chi connectivity index (χ1) is 17.8. The summed E-state index contributed by atoms with van der Waals surface area (Å²) in [5.41, 5.74) is 2.19. The number of carbonyl (C=O) groups is 1. The van der Waals surface area contributed by atoms with Crippen molar-refractivity contribution in [1.82, 2.24) is 0 Å². The SMILES string of the molecule is CC(C)CCC[C@@H](C)[C@H]1CC[C@H]2[C@@H]3CC=C4C[C@@H](OCCC(C(=O)O)S(=O)(=O)O)CC[C@]4(C)[C@H]3CC[C@]12C. The molecule has 0 aliphatic heterocycles. The van der Waals surface area contributed by atoms with Gasteiger partial charge in [0, 0.05) is 13.0 Å². The summed E-state index contributed by atoms with van der Waals surface area (Å²) in [6.07, 6.45) is 15.8. The van der Waals surface area contributed by atoms with Crippen molar-refractivity contribution in [3.63, 3.8) is 0 Å². The van der Waals surface area contributed by atoms with Crippen molar-refractivity contribution in [1.29, 1.82) is 0 Å². The van der Waals surface area contributed by atoms with E-state index < -0.39 is 21.3 Å². The molecule has 0 saturated heterocycles. The molecule has 0 amide bonds. The highest BCUT2D eigenvalue weighted by atomic mass is 32.2. The molecule has 0 aromatic carbocycles. The monoisotopic (exact) mass is 552 g/mol. The van der Waals surface area contributed by atoms with Crippen LogP contribution in [0, 0.1) is 46.3 Å². The van der Waals surface area contributed by atoms with Crippen LogP contribution in [0.5, 0.6) is 0 Å². The molecule has 3 fully saturated rings. The molecule has 4 rings (SSSR count). The minimum Gasteiger partial charge on any atom is -0.480 e. The van der Waals surface area contributed by atoms with Gasteiger partial charge in [0.15, 0.2) is 5.25 Å². The summed E-state index contributed by atoms with van der Waals surface area (Å²) in [6.45, 7) is 12.3. The number of hydrogen-bond donors (Lipinski definition) is 2. The molecule has 3 saturated carbocycles. The van der Waals surface area contributed by atoms with Crippen molar-refractivity contribution in [3.8, 4) is 0 Å². The molecule has 0 aromatic heterocycles. The lowest BCUT2D eigenvalue weighted by Gasteiger charge is -2.58. The summed E-state index contributed by atoms with van der Waals surface area (Å²) >= 11 is 0. The molecule has 0 bridgehead atoms. The lowest BCUT2D eigenvalue weighted by molar-refractivity contribution is -0.137. The highest BCUT2D eigenvalue weighted by molar-refractivity contribution is 7.87. The molecular weight excluding hydrogens is 500 g/mol. The Labute approximate surface area is 231 Å². The van der Waals surface area contributed by atoms with E-state index >= 15 is 0 Å². The fraction of sp³-hybridized carbons (Fsp3) is 0.903. The number of hydrogen-bond acceptors (Lipinski definition) is 4. The van der Waals surface area contributed by atoms with E-state index in [4.69, 9.17) is 9.84 Å². The molecule has 4 aliphatic carbocycles. The molecule has 1 unspecified atom stereocenters. The van der Waals surface area contributed by atoms with Crippen molar-refractivity contribution < 1.29 is 27.6 Å². The van der Waals surface area contributed by atoms with E-state index in [1.165, 1.54) is 56.9 Å². The summed E-state index contributed by atoms with van der Waals surface area (Å²) in [4.78, 5) is 11.2. The van der Waals surface area contributed by atoms with Gasteiger partial charge in [-0.2, -0.15) is 8.42 Å². The molecular formula is C31H52O6S. The summed E-state index contributed by atoms with van der Waals surface area (Å²) < 4.78 is 37.9. The minimum absolute atomic E-state index is 0.0156. The van der Waals surface area contributed by atoms with E-state index in [2.05, 4.69) is 40.7 Å². The smallest absolute Gasteiger partial charge is 0.324 e. The molecule has 6 nitrogen and oxygen atoms in total. The molecule has 38 heavy (non-hydrogen) atoms. The van der Waals surface area contributed by atoms with Gasteiger partial charge in [-0.05, 0) is 97.7 Å². The number of aliphatic carboxylic acids is 1. The molecule has 9 atom stereocenters. The van der Waals surface area contributed by atoms with Crippen molar-refractivity contribution in [2.75, 3.05) is 6.61 Å². The predicted molar refractivity (Wildman–Crippen MR) is 150 cm³/mol. The second kappa shape index (κ2) is 11.5. The maximum Gasteiger partial charge on any atom is 0.324 e. The van der Waals surface area contributed by atoms with Gasteiger partial charge in [-0.1, -0.05) is 65.5 Å². The van der Waals surface area contributed by atoms with Gasteiger partial charge < -0.3 is 9.84 Å². The van der Waals surface area contributed by atoms with E-state index in [0.29, 0.717) is 5.41 Å². The van der Waals surface area contributed by atoms with Crippen LogP contribution in [0.15, 0.2) is 11.6 Å². The predicted octanol–water partition coefficient (Wildman–Crippen LogP) is 7.14. The van der Waals surface area contributed by atoms with Crippen LogP contribution in [0.25, 0.3) is 0 Å². The van der Waals surface area contributed by atoms with Crippen molar-refractivity contribution in [2.45, 2.75) is 123 Å². The van der Waals surface area contributed by atoms with Gasteiger partial charge in [0.2, 0.25) is 0 Å². The molecule has 0 heterocycles. The Bertz CT molecular complexity index is 988. The Kier molecular flexibility index (Phi) is 9.11. The van der Waals surface area contributed by atoms with Crippen LogP contribution in [0.1, 0.15) is 112 Å². The van der Waals surface area contributed by atoms with Crippen molar-refractivity contribution >= 4 is 16.1 Å². The molecule has 7 heteroatoms. The molecule has 218 valence electrons. The summed E-state index contributed by atoms with van der Waals surface area (Å²) in [6, 6.07) is 0. The summed E-state index contributed by atoms with van der Waals surface area (Å²) in [5, 5.41) is 7.30.